The zero-order chi connectivity index (χ0) is 24.0. The second-order valence-corrected chi connectivity index (χ2v) is 8.70. The molecule has 1 aliphatic carbocycles. The van der Waals surface area contributed by atoms with E-state index in [2.05, 4.69) is 11.1 Å². The number of carboxylic acid groups (broad SMARTS) is 1. The van der Waals surface area contributed by atoms with Crippen LogP contribution >= 0.6 is 0 Å². The van der Waals surface area contributed by atoms with Crippen LogP contribution in [0.5, 0.6) is 0 Å². The van der Waals surface area contributed by atoms with Gasteiger partial charge in [0, 0.05) is 35.6 Å². The van der Waals surface area contributed by atoms with Crippen molar-refractivity contribution >= 4 is 18.0 Å². The van der Waals surface area contributed by atoms with Crippen LogP contribution < -0.4 is 0 Å². The second kappa shape index (κ2) is 8.07. The number of carbonyl (C=O) groups excluding carboxylic acids is 1. The monoisotopic (exact) mass is 452 g/mol. The number of carbonyl (C=O) groups is 2. The first kappa shape index (κ1) is 22.6. The predicted molar refractivity (Wildman–Crippen MR) is 115 cm³/mol. The molecule has 2 heterocycles. The van der Waals surface area contributed by atoms with E-state index in [1.54, 1.807) is 49.5 Å². The van der Waals surface area contributed by atoms with Crippen molar-refractivity contribution in [3.63, 3.8) is 0 Å². The van der Waals surface area contributed by atoms with Crippen molar-refractivity contribution in [2.24, 2.45) is 23.2 Å². The van der Waals surface area contributed by atoms with Gasteiger partial charge in [0.15, 0.2) is 5.41 Å². The Morgan fingerprint density at radius 2 is 2.00 bits per heavy atom. The standard InChI is InChI=1S/C25H22F2N2O4/c1-14-19(21-15(2)33-23(32)24(21,22(30)31)13-25(14,26)27)10-9-18-8-7-17(12-29-18)20-6-4-3-5-16(20)11-28/h3-10,12,14-15,19,21H,13H2,1-2H3,(H,30,31)/t14-,15+,19-,21-,24+/m0/s1. The van der Waals surface area contributed by atoms with Crippen LogP contribution in [0.2, 0.25) is 0 Å². The maximum atomic E-state index is 14.9. The third-order valence-corrected chi connectivity index (χ3v) is 6.92. The van der Waals surface area contributed by atoms with Crippen molar-refractivity contribution < 1.29 is 28.2 Å². The Kier molecular flexibility index (Phi) is 5.52. The zero-order valence-electron chi connectivity index (χ0n) is 18.0. The average Bonchev–Trinajstić information content (AvgIpc) is 3.04. The average molecular weight is 452 g/mol. The Morgan fingerprint density at radius 3 is 2.64 bits per heavy atom. The maximum absolute atomic E-state index is 14.9. The van der Waals surface area contributed by atoms with E-state index in [-0.39, 0.29) is 0 Å². The summed E-state index contributed by atoms with van der Waals surface area (Å²) in [5.41, 5.74) is 0.169. The lowest BCUT2D eigenvalue weighted by Crippen LogP contribution is -2.57. The van der Waals surface area contributed by atoms with Gasteiger partial charge in [0.05, 0.1) is 17.3 Å². The van der Waals surface area contributed by atoms with E-state index in [4.69, 9.17) is 4.74 Å². The molecule has 0 unspecified atom stereocenters. The zero-order valence-corrected chi connectivity index (χ0v) is 18.0. The maximum Gasteiger partial charge on any atom is 0.324 e. The molecule has 0 bridgehead atoms. The van der Waals surface area contributed by atoms with Crippen LogP contribution in [0.25, 0.3) is 17.2 Å². The highest BCUT2D eigenvalue weighted by molar-refractivity contribution is 6.01. The Hall–Kier alpha value is -3.60. The van der Waals surface area contributed by atoms with Crippen molar-refractivity contribution in [1.82, 2.24) is 4.98 Å². The van der Waals surface area contributed by atoms with Gasteiger partial charge in [0.1, 0.15) is 6.10 Å². The minimum atomic E-state index is -3.36. The Labute approximate surface area is 189 Å². The first-order valence-electron chi connectivity index (χ1n) is 10.6. The lowest BCUT2D eigenvalue weighted by atomic mass is 9.56. The summed E-state index contributed by atoms with van der Waals surface area (Å²) in [4.78, 5) is 28.8. The molecule has 1 saturated carbocycles. The fraction of sp³-hybridized carbons (Fsp3) is 0.360. The minimum absolute atomic E-state index is 0.480. The topological polar surface area (TPSA) is 100 Å². The quantitative estimate of drug-likeness (QED) is 0.539. The predicted octanol–water partition coefficient (Wildman–Crippen LogP) is 4.56. The van der Waals surface area contributed by atoms with Gasteiger partial charge in [0.2, 0.25) is 0 Å². The molecule has 2 aliphatic rings. The molecule has 0 amide bonds. The van der Waals surface area contributed by atoms with Crippen molar-refractivity contribution in [3.8, 4) is 17.2 Å². The number of ether oxygens (including phenoxy) is 1. The van der Waals surface area contributed by atoms with E-state index >= 15 is 0 Å². The molecule has 1 aromatic carbocycles. The molecule has 0 spiro atoms. The third-order valence-electron chi connectivity index (χ3n) is 6.92. The SMILES string of the molecule is C[C@H]1OC(=O)[C@]2(C(=O)O)CC(F)(F)[C@@H](C)[C@H](C=Cc3ccc(-c4ccccc4C#N)cn3)[C@H]12. The molecule has 0 radical (unpaired) electrons. The summed E-state index contributed by atoms with van der Waals surface area (Å²) >= 11 is 0. The summed E-state index contributed by atoms with van der Waals surface area (Å²) in [6, 6.07) is 12.7. The summed E-state index contributed by atoms with van der Waals surface area (Å²) in [6.45, 7) is 2.91. The molecule has 5 atom stereocenters. The number of fused-ring (bicyclic) bond motifs is 1. The van der Waals surface area contributed by atoms with E-state index in [1.807, 2.05) is 6.07 Å². The summed E-state index contributed by atoms with van der Waals surface area (Å²) in [7, 11) is 0. The van der Waals surface area contributed by atoms with Crippen LogP contribution in [0.4, 0.5) is 8.78 Å². The number of nitrogens with zero attached hydrogens (tertiary/aromatic N) is 2. The van der Waals surface area contributed by atoms with Crippen LogP contribution in [0, 0.1) is 34.5 Å². The van der Waals surface area contributed by atoms with Gasteiger partial charge in [-0.05, 0) is 31.1 Å². The fourth-order valence-electron chi connectivity index (χ4n) is 5.14. The van der Waals surface area contributed by atoms with Gasteiger partial charge in [-0.3, -0.25) is 14.6 Å². The molecule has 2 aromatic rings. The van der Waals surface area contributed by atoms with Crippen molar-refractivity contribution in [3.05, 3.63) is 59.9 Å². The molecule has 1 aliphatic heterocycles. The molecule has 4 rings (SSSR count). The number of aliphatic carboxylic acids is 1. The first-order chi connectivity index (χ1) is 15.6. The van der Waals surface area contributed by atoms with Gasteiger partial charge < -0.3 is 9.84 Å². The van der Waals surface area contributed by atoms with Gasteiger partial charge in [-0.2, -0.15) is 5.26 Å². The van der Waals surface area contributed by atoms with E-state index < -0.39 is 53.6 Å². The number of carboxylic acids is 1. The molecule has 2 fully saturated rings. The van der Waals surface area contributed by atoms with Crippen molar-refractivity contribution in [2.45, 2.75) is 32.3 Å². The molecule has 6 nitrogen and oxygen atoms in total. The van der Waals surface area contributed by atoms with Crippen LogP contribution in [0.1, 0.15) is 31.5 Å². The Morgan fingerprint density at radius 1 is 1.27 bits per heavy atom. The van der Waals surface area contributed by atoms with Crippen LogP contribution in [0.3, 0.4) is 0 Å². The third kappa shape index (κ3) is 3.58. The number of alkyl halides is 2. The number of hydrogen-bond acceptors (Lipinski definition) is 5. The molecule has 170 valence electrons. The second-order valence-electron chi connectivity index (χ2n) is 8.70. The number of hydrogen-bond donors (Lipinski definition) is 1. The largest absolute Gasteiger partial charge is 0.480 e. The molecule has 1 N–H and O–H groups in total. The number of aromatic nitrogens is 1. The lowest BCUT2D eigenvalue weighted by molar-refractivity contribution is -0.188. The number of rotatable bonds is 4. The highest BCUT2D eigenvalue weighted by Gasteiger charge is 2.71. The number of halogens is 2. The van der Waals surface area contributed by atoms with Crippen molar-refractivity contribution in [2.75, 3.05) is 0 Å². The number of cyclic esters (lactones) is 1. The highest BCUT2D eigenvalue weighted by atomic mass is 19.3. The van der Waals surface area contributed by atoms with Crippen molar-refractivity contribution in [1.29, 1.82) is 5.26 Å². The number of nitriles is 1. The summed E-state index contributed by atoms with van der Waals surface area (Å²) < 4.78 is 34.9. The first-order valence-corrected chi connectivity index (χ1v) is 10.6. The van der Waals surface area contributed by atoms with Crippen LogP contribution in [-0.4, -0.2) is 34.1 Å². The summed E-state index contributed by atoms with van der Waals surface area (Å²) in [6.07, 6.45) is 2.79. The van der Waals surface area contributed by atoms with Gasteiger partial charge in [-0.25, -0.2) is 8.78 Å². The van der Waals surface area contributed by atoms with E-state index in [9.17, 15) is 28.7 Å². The van der Waals surface area contributed by atoms with Gasteiger partial charge in [-0.1, -0.05) is 37.3 Å². The molecule has 33 heavy (non-hydrogen) atoms. The summed E-state index contributed by atoms with van der Waals surface area (Å²) in [5, 5.41) is 19.1. The molecular weight excluding hydrogens is 430 g/mol. The smallest absolute Gasteiger partial charge is 0.324 e. The normalized spacial score (nSPS) is 30.5. The highest BCUT2D eigenvalue weighted by Crippen LogP contribution is 2.59. The molecule has 1 aromatic heterocycles. The Balaban J connectivity index is 1.67. The number of benzene rings is 1. The van der Waals surface area contributed by atoms with Crippen LogP contribution in [-0.2, 0) is 14.3 Å². The number of allylic oxidation sites excluding steroid dienone is 1. The molecule has 8 heteroatoms. The molecule has 1 saturated heterocycles. The fourth-order valence-corrected chi connectivity index (χ4v) is 5.14. The van der Waals surface area contributed by atoms with Crippen LogP contribution in [0.15, 0.2) is 48.7 Å². The van der Waals surface area contributed by atoms with Gasteiger partial charge >= 0.3 is 11.9 Å². The summed E-state index contributed by atoms with van der Waals surface area (Å²) in [5.74, 6) is -9.06. The molecular formula is C25H22F2N2O4. The minimum Gasteiger partial charge on any atom is -0.480 e. The van der Waals surface area contributed by atoms with E-state index in [0.717, 1.165) is 11.1 Å². The lowest BCUT2D eigenvalue weighted by Gasteiger charge is -2.45. The van der Waals surface area contributed by atoms with Gasteiger partial charge in [-0.15, -0.1) is 0 Å². The Bertz CT molecular complexity index is 1170. The van der Waals surface area contributed by atoms with Gasteiger partial charge in [0.25, 0.3) is 5.92 Å². The number of esters is 1. The number of pyridine rings is 1. The van der Waals surface area contributed by atoms with E-state index in [0.29, 0.717) is 11.3 Å². The van der Waals surface area contributed by atoms with E-state index in [1.165, 1.54) is 13.0 Å².